The summed E-state index contributed by atoms with van der Waals surface area (Å²) in [6, 6.07) is 1.89. The van der Waals surface area contributed by atoms with Gasteiger partial charge in [0.2, 0.25) is 0 Å². The van der Waals surface area contributed by atoms with E-state index in [1.165, 1.54) is 12.8 Å². The zero-order chi connectivity index (χ0) is 11.7. The maximum atomic E-state index is 12.3. The van der Waals surface area contributed by atoms with Crippen LogP contribution in [0.3, 0.4) is 0 Å². The molecule has 0 N–H and O–H groups in total. The standard InChI is InChI=1S/C12H17BrN2O/c1-3-15(7-9-4-5-9)12(16)11-6-10(13)8-14(11)2/h6,8-9H,3-5,7H2,1-2H3. The second-order valence-corrected chi connectivity index (χ2v) is 5.36. The van der Waals surface area contributed by atoms with Crippen molar-refractivity contribution in [2.24, 2.45) is 13.0 Å². The summed E-state index contributed by atoms with van der Waals surface area (Å²) < 4.78 is 2.84. The fraction of sp³-hybridized carbons (Fsp3) is 0.583. The van der Waals surface area contributed by atoms with Crippen LogP contribution in [0, 0.1) is 5.92 Å². The van der Waals surface area contributed by atoms with Gasteiger partial charge in [-0.3, -0.25) is 4.79 Å². The van der Waals surface area contributed by atoms with Crippen molar-refractivity contribution < 1.29 is 4.79 Å². The average Bonchev–Trinajstić information content (AvgIpc) is 2.99. The molecule has 3 nitrogen and oxygen atoms in total. The highest BCUT2D eigenvalue weighted by Crippen LogP contribution is 2.30. The van der Waals surface area contributed by atoms with E-state index in [1.54, 1.807) is 0 Å². The lowest BCUT2D eigenvalue weighted by molar-refractivity contribution is 0.0747. The smallest absolute Gasteiger partial charge is 0.270 e. The third kappa shape index (κ3) is 2.48. The van der Waals surface area contributed by atoms with Gasteiger partial charge in [-0.05, 0) is 47.7 Å². The van der Waals surface area contributed by atoms with Gasteiger partial charge in [-0.1, -0.05) is 0 Å². The Morgan fingerprint density at radius 3 is 2.75 bits per heavy atom. The van der Waals surface area contributed by atoms with E-state index in [0.29, 0.717) is 0 Å². The van der Waals surface area contributed by atoms with Crippen LogP contribution in [0.5, 0.6) is 0 Å². The maximum absolute atomic E-state index is 12.3. The molecule has 1 amide bonds. The third-order valence-electron chi connectivity index (χ3n) is 3.04. The Hall–Kier alpha value is -0.770. The molecule has 0 radical (unpaired) electrons. The molecule has 0 unspecified atom stereocenters. The number of carbonyl (C=O) groups is 1. The Labute approximate surface area is 105 Å². The lowest BCUT2D eigenvalue weighted by Crippen LogP contribution is -2.33. The van der Waals surface area contributed by atoms with Gasteiger partial charge in [0, 0.05) is 30.8 Å². The SMILES string of the molecule is CCN(CC1CC1)C(=O)c1cc(Br)cn1C. The lowest BCUT2D eigenvalue weighted by atomic mass is 10.3. The average molecular weight is 285 g/mol. The molecular weight excluding hydrogens is 268 g/mol. The summed E-state index contributed by atoms with van der Waals surface area (Å²) >= 11 is 3.39. The summed E-state index contributed by atoms with van der Waals surface area (Å²) in [6.07, 6.45) is 4.47. The summed E-state index contributed by atoms with van der Waals surface area (Å²) in [5, 5.41) is 0. The number of aromatic nitrogens is 1. The Bertz CT molecular complexity index is 396. The molecule has 1 aliphatic rings. The molecule has 1 saturated carbocycles. The van der Waals surface area contributed by atoms with Crippen molar-refractivity contribution in [3.05, 3.63) is 22.4 Å². The quantitative estimate of drug-likeness (QED) is 0.835. The first-order chi connectivity index (χ1) is 7.61. The second kappa shape index (κ2) is 4.62. The molecule has 1 heterocycles. The topological polar surface area (TPSA) is 25.2 Å². The zero-order valence-corrected chi connectivity index (χ0v) is 11.3. The van der Waals surface area contributed by atoms with Gasteiger partial charge in [-0.2, -0.15) is 0 Å². The van der Waals surface area contributed by atoms with E-state index in [-0.39, 0.29) is 5.91 Å². The Morgan fingerprint density at radius 2 is 2.31 bits per heavy atom. The molecule has 1 fully saturated rings. The minimum absolute atomic E-state index is 0.141. The number of nitrogens with zero attached hydrogens (tertiary/aromatic N) is 2. The highest BCUT2D eigenvalue weighted by atomic mass is 79.9. The molecule has 0 bridgehead atoms. The summed E-state index contributed by atoms with van der Waals surface area (Å²) in [4.78, 5) is 14.2. The summed E-state index contributed by atoms with van der Waals surface area (Å²) in [5.41, 5.74) is 0.759. The molecule has 2 rings (SSSR count). The molecule has 0 aromatic carbocycles. The number of aryl methyl sites for hydroxylation is 1. The Balaban J connectivity index is 2.11. The Morgan fingerprint density at radius 1 is 1.62 bits per heavy atom. The van der Waals surface area contributed by atoms with Gasteiger partial charge in [-0.15, -0.1) is 0 Å². The third-order valence-corrected chi connectivity index (χ3v) is 3.47. The van der Waals surface area contributed by atoms with Gasteiger partial charge in [-0.25, -0.2) is 0 Å². The van der Waals surface area contributed by atoms with Crippen LogP contribution >= 0.6 is 15.9 Å². The molecule has 1 aromatic rings. The van der Waals surface area contributed by atoms with Crippen LogP contribution in [0.1, 0.15) is 30.3 Å². The lowest BCUT2D eigenvalue weighted by Gasteiger charge is -2.20. The Kier molecular flexibility index (Phi) is 3.38. The number of amides is 1. The first-order valence-electron chi connectivity index (χ1n) is 5.73. The highest BCUT2D eigenvalue weighted by Gasteiger charge is 2.27. The van der Waals surface area contributed by atoms with Crippen LogP contribution in [0.2, 0.25) is 0 Å². The number of hydrogen-bond acceptors (Lipinski definition) is 1. The zero-order valence-electron chi connectivity index (χ0n) is 9.74. The van der Waals surface area contributed by atoms with E-state index in [2.05, 4.69) is 15.9 Å². The molecule has 0 saturated heterocycles. The van der Waals surface area contributed by atoms with Crippen LogP contribution in [0.15, 0.2) is 16.7 Å². The predicted molar refractivity (Wildman–Crippen MR) is 67.4 cm³/mol. The minimum atomic E-state index is 0.141. The van der Waals surface area contributed by atoms with Crippen LogP contribution in [0.25, 0.3) is 0 Å². The van der Waals surface area contributed by atoms with Crippen LogP contribution in [0.4, 0.5) is 0 Å². The normalized spacial score (nSPS) is 15.2. The maximum Gasteiger partial charge on any atom is 0.270 e. The first kappa shape index (κ1) is 11.7. The van der Waals surface area contributed by atoms with Crippen molar-refractivity contribution in [3.8, 4) is 0 Å². The van der Waals surface area contributed by atoms with E-state index >= 15 is 0 Å². The van der Waals surface area contributed by atoms with Gasteiger partial charge >= 0.3 is 0 Å². The molecule has 1 aliphatic carbocycles. The fourth-order valence-corrected chi connectivity index (χ4v) is 2.39. The number of halogens is 1. The van der Waals surface area contributed by atoms with Gasteiger partial charge in [0.1, 0.15) is 5.69 Å². The first-order valence-corrected chi connectivity index (χ1v) is 6.52. The molecule has 1 aromatic heterocycles. The van der Waals surface area contributed by atoms with Crippen LogP contribution in [-0.4, -0.2) is 28.5 Å². The molecule has 88 valence electrons. The molecule has 0 spiro atoms. The second-order valence-electron chi connectivity index (χ2n) is 4.44. The van der Waals surface area contributed by atoms with E-state index in [1.807, 2.05) is 35.7 Å². The van der Waals surface area contributed by atoms with Crippen molar-refractivity contribution in [1.29, 1.82) is 0 Å². The molecular formula is C12H17BrN2O. The monoisotopic (exact) mass is 284 g/mol. The summed E-state index contributed by atoms with van der Waals surface area (Å²) in [7, 11) is 1.91. The summed E-state index contributed by atoms with van der Waals surface area (Å²) in [5.74, 6) is 0.884. The van der Waals surface area contributed by atoms with E-state index in [0.717, 1.165) is 29.2 Å². The highest BCUT2D eigenvalue weighted by molar-refractivity contribution is 9.10. The van der Waals surface area contributed by atoms with E-state index in [9.17, 15) is 4.79 Å². The predicted octanol–water partition coefficient (Wildman–Crippen LogP) is 2.66. The minimum Gasteiger partial charge on any atom is -0.345 e. The molecule has 16 heavy (non-hydrogen) atoms. The van der Waals surface area contributed by atoms with Gasteiger partial charge < -0.3 is 9.47 Å². The molecule has 4 heteroatoms. The fourth-order valence-electron chi connectivity index (χ4n) is 1.87. The largest absolute Gasteiger partial charge is 0.345 e. The van der Waals surface area contributed by atoms with E-state index in [4.69, 9.17) is 0 Å². The van der Waals surface area contributed by atoms with Crippen molar-refractivity contribution in [2.75, 3.05) is 13.1 Å². The van der Waals surface area contributed by atoms with Gasteiger partial charge in [0.15, 0.2) is 0 Å². The van der Waals surface area contributed by atoms with Crippen molar-refractivity contribution in [1.82, 2.24) is 9.47 Å². The van der Waals surface area contributed by atoms with E-state index < -0.39 is 0 Å². The van der Waals surface area contributed by atoms with Crippen LogP contribution < -0.4 is 0 Å². The van der Waals surface area contributed by atoms with Crippen molar-refractivity contribution in [2.45, 2.75) is 19.8 Å². The van der Waals surface area contributed by atoms with Crippen molar-refractivity contribution >= 4 is 21.8 Å². The summed E-state index contributed by atoms with van der Waals surface area (Å²) in [6.45, 7) is 3.74. The number of carbonyl (C=O) groups excluding carboxylic acids is 1. The van der Waals surface area contributed by atoms with Crippen molar-refractivity contribution in [3.63, 3.8) is 0 Å². The number of rotatable bonds is 4. The molecule has 0 aliphatic heterocycles. The van der Waals surface area contributed by atoms with Gasteiger partial charge in [0.05, 0.1) is 0 Å². The molecule has 0 atom stereocenters. The number of hydrogen-bond donors (Lipinski definition) is 0. The van der Waals surface area contributed by atoms with Crippen LogP contribution in [-0.2, 0) is 7.05 Å². The van der Waals surface area contributed by atoms with Gasteiger partial charge in [0.25, 0.3) is 5.91 Å².